The normalized spacial score (nSPS) is 13.1. The van der Waals surface area contributed by atoms with Gasteiger partial charge in [0.25, 0.3) is 5.56 Å². The maximum absolute atomic E-state index is 14.0. The summed E-state index contributed by atoms with van der Waals surface area (Å²) in [6, 6.07) is 7.13. The highest BCUT2D eigenvalue weighted by molar-refractivity contribution is 14.2. The number of hydrogen-bond donors (Lipinski definition) is 0. The van der Waals surface area contributed by atoms with E-state index in [1.165, 1.54) is 32.2 Å². The number of halogens is 3. The summed E-state index contributed by atoms with van der Waals surface area (Å²) in [5.74, 6) is -0.305. The summed E-state index contributed by atoms with van der Waals surface area (Å²) in [4.78, 5) is 27.8. The van der Waals surface area contributed by atoms with E-state index in [9.17, 15) is 14.0 Å². The van der Waals surface area contributed by atoms with Gasteiger partial charge in [0, 0.05) is 6.20 Å². The molecule has 0 aliphatic carbocycles. The van der Waals surface area contributed by atoms with Gasteiger partial charge in [-0.1, -0.05) is 17.7 Å². The molecule has 33 heavy (non-hydrogen) atoms. The lowest BCUT2D eigenvalue weighted by Gasteiger charge is -2.29. The molecule has 3 rings (SSSR count). The number of ether oxygens (including phenoxy) is 1. The van der Waals surface area contributed by atoms with Crippen LogP contribution in [0.15, 0.2) is 41.3 Å². The van der Waals surface area contributed by atoms with E-state index in [0.29, 0.717) is 0 Å². The van der Waals surface area contributed by atoms with Crippen LogP contribution in [0.4, 0.5) is 9.18 Å². The molecule has 8 nitrogen and oxygen atoms in total. The molecule has 0 saturated heterocycles. The SMILES string of the molecule is C[C@H](CN(Cc1nn2ccc(Cl)c2c(=O)n1-c1cccc(F)c1)C(=O)OC(C)(C)C)OPI. The molecule has 0 radical (unpaired) electrons. The zero-order chi connectivity index (χ0) is 24.3. The first-order valence-electron chi connectivity index (χ1n) is 10.0. The van der Waals surface area contributed by atoms with Gasteiger partial charge in [-0.15, -0.1) is 0 Å². The lowest BCUT2D eigenvalue weighted by Crippen LogP contribution is -2.42. The fourth-order valence-corrected chi connectivity index (χ4v) is 4.94. The summed E-state index contributed by atoms with van der Waals surface area (Å²) >= 11 is 8.31. The second-order valence-electron chi connectivity index (χ2n) is 8.36. The van der Waals surface area contributed by atoms with E-state index in [0.717, 1.165) is 0 Å². The van der Waals surface area contributed by atoms with E-state index < -0.39 is 23.1 Å². The smallest absolute Gasteiger partial charge is 0.410 e. The molecule has 0 aliphatic rings. The Kier molecular flexibility index (Phi) is 8.36. The van der Waals surface area contributed by atoms with Gasteiger partial charge >= 0.3 is 6.09 Å². The number of nitrogens with zero attached hydrogens (tertiary/aromatic N) is 4. The molecule has 2 aromatic heterocycles. The second-order valence-corrected chi connectivity index (χ2v) is 10.5. The van der Waals surface area contributed by atoms with E-state index in [1.807, 2.05) is 6.92 Å². The molecule has 1 unspecified atom stereocenters. The molecular weight excluding hydrogens is 585 g/mol. The number of aromatic nitrogens is 3. The lowest BCUT2D eigenvalue weighted by atomic mass is 10.2. The second kappa shape index (κ2) is 10.7. The molecule has 1 aromatic carbocycles. The minimum absolute atomic E-state index is 0.0789. The molecule has 0 fully saturated rings. The van der Waals surface area contributed by atoms with Crippen molar-refractivity contribution in [3.05, 3.63) is 63.5 Å². The van der Waals surface area contributed by atoms with E-state index >= 15 is 0 Å². The molecule has 2 heterocycles. The van der Waals surface area contributed by atoms with E-state index in [2.05, 4.69) is 27.1 Å². The summed E-state index contributed by atoms with van der Waals surface area (Å²) < 4.78 is 27.8. The number of amides is 1. The van der Waals surface area contributed by atoms with Gasteiger partial charge in [0.2, 0.25) is 0 Å². The Morgan fingerprint density at radius 3 is 2.73 bits per heavy atom. The van der Waals surface area contributed by atoms with Gasteiger partial charge in [-0.2, -0.15) is 5.10 Å². The van der Waals surface area contributed by atoms with Crippen LogP contribution in [-0.4, -0.2) is 43.4 Å². The Labute approximate surface area is 210 Å². The van der Waals surface area contributed by atoms with Gasteiger partial charge < -0.3 is 9.26 Å². The Balaban J connectivity index is 2.13. The minimum atomic E-state index is -0.724. The maximum atomic E-state index is 14.0. The van der Waals surface area contributed by atoms with Crippen LogP contribution in [0.3, 0.4) is 0 Å². The third-order valence-corrected chi connectivity index (χ3v) is 6.04. The number of carbonyl (C=O) groups excluding carboxylic acids is 1. The summed E-state index contributed by atoms with van der Waals surface area (Å²) in [6.45, 7) is 7.48. The Morgan fingerprint density at radius 2 is 2.09 bits per heavy atom. The molecule has 178 valence electrons. The van der Waals surface area contributed by atoms with Crippen LogP contribution >= 0.6 is 40.1 Å². The summed E-state index contributed by atoms with van der Waals surface area (Å²) in [7, 11) is 0. The molecular formula is C21H24ClFIN4O4P. The van der Waals surface area contributed by atoms with E-state index in [1.54, 1.807) is 39.1 Å². The lowest BCUT2D eigenvalue weighted by molar-refractivity contribution is 0.0163. The van der Waals surface area contributed by atoms with Crippen molar-refractivity contribution in [2.24, 2.45) is 0 Å². The fourth-order valence-electron chi connectivity index (χ4n) is 3.18. The highest BCUT2D eigenvalue weighted by Crippen LogP contribution is 2.25. The van der Waals surface area contributed by atoms with Crippen molar-refractivity contribution in [2.75, 3.05) is 6.54 Å². The topological polar surface area (TPSA) is 78.1 Å². The third-order valence-electron chi connectivity index (χ3n) is 4.48. The van der Waals surface area contributed by atoms with Gasteiger partial charge in [-0.25, -0.2) is 13.7 Å². The van der Waals surface area contributed by atoms with E-state index in [-0.39, 0.29) is 47.7 Å². The van der Waals surface area contributed by atoms with Crippen molar-refractivity contribution in [3.63, 3.8) is 0 Å². The monoisotopic (exact) mass is 608 g/mol. The minimum Gasteiger partial charge on any atom is -0.444 e. The van der Waals surface area contributed by atoms with Crippen LogP contribution in [0, 0.1) is 5.82 Å². The van der Waals surface area contributed by atoms with E-state index in [4.69, 9.17) is 20.9 Å². The summed E-state index contributed by atoms with van der Waals surface area (Å²) in [5.41, 5.74) is -0.790. The first-order valence-corrected chi connectivity index (χ1v) is 14.4. The van der Waals surface area contributed by atoms with Gasteiger partial charge in [0.1, 0.15) is 16.9 Å². The van der Waals surface area contributed by atoms with Crippen LogP contribution in [0.25, 0.3) is 11.2 Å². The van der Waals surface area contributed by atoms with Gasteiger partial charge in [0.15, 0.2) is 5.82 Å². The summed E-state index contributed by atoms with van der Waals surface area (Å²) in [6.07, 6.45) is 0.687. The molecule has 12 heteroatoms. The highest BCUT2D eigenvalue weighted by Gasteiger charge is 2.27. The van der Waals surface area contributed by atoms with Crippen LogP contribution < -0.4 is 5.56 Å². The van der Waals surface area contributed by atoms with Crippen molar-refractivity contribution < 1.29 is 18.4 Å². The zero-order valence-corrected chi connectivity index (χ0v) is 22.4. The largest absolute Gasteiger partial charge is 0.444 e. The first kappa shape index (κ1) is 25.9. The standard InChI is InChI=1S/C21H24ClFIN4O4P/c1-13(32-33-24)11-26(20(30)31-21(2,3)4)12-17-25-27-9-8-16(22)18(27)19(29)28(17)15-7-5-6-14(23)10-15/h5-10,13,33H,11-12H2,1-4H3/t13-/m1/s1. The van der Waals surface area contributed by atoms with Gasteiger partial charge in [0.05, 0.1) is 36.4 Å². The van der Waals surface area contributed by atoms with Crippen LogP contribution in [-0.2, 0) is 15.8 Å². The first-order chi connectivity index (χ1) is 15.5. The third kappa shape index (κ3) is 6.44. The number of benzene rings is 1. The Morgan fingerprint density at radius 1 is 1.36 bits per heavy atom. The quantitative estimate of drug-likeness (QED) is 0.267. The van der Waals surface area contributed by atoms with Crippen LogP contribution in [0.1, 0.15) is 33.5 Å². The number of carbonyl (C=O) groups is 1. The number of fused-ring (bicyclic) bond motifs is 1. The van der Waals surface area contributed by atoms with Crippen molar-refractivity contribution >= 4 is 51.7 Å². The Bertz CT molecular complexity index is 1210. The molecule has 0 spiro atoms. The number of rotatable bonds is 7. The van der Waals surface area contributed by atoms with Crippen molar-refractivity contribution in [3.8, 4) is 5.69 Å². The van der Waals surface area contributed by atoms with Crippen LogP contribution in [0.2, 0.25) is 5.02 Å². The van der Waals surface area contributed by atoms with Crippen molar-refractivity contribution in [1.82, 2.24) is 19.1 Å². The molecule has 0 aliphatic heterocycles. The van der Waals surface area contributed by atoms with Crippen molar-refractivity contribution in [2.45, 2.75) is 45.9 Å². The van der Waals surface area contributed by atoms with Gasteiger partial charge in [-0.05, 0) is 74.0 Å². The predicted molar refractivity (Wildman–Crippen MR) is 135 cm³/mol. The maximum Gasteiger partial charge on any atom is 0.410 e. The average molecular weight is 609 g/mol. The molecule has 1 amide bonds. The molecule has 0 N–H and O–H groups in total. The highest BCUT2D eigenvalue weighted by atomic mass is 127. The van der Waals surface area contributed by atoms with Crippen molar-refractivity contribution in [1.29, 1.82) is 0 Å². The summed E-state index contributed by atoms with van der Waals surface area (Å²) in [5, 5.41) is 4.74. The number of hydrogen-bond acceptors (Lipinski definition) is 5. The average Bonchev–Trinajstić information content (AvgIpc) is 3.07. The molecule has 3 aromatic rings. The zero-order valence-electron chi connectivity index (χ0n) is 18.5. The Hall–Kier alpha value is -1.75. The van der Waals surface area contributed by atoms with Gasteiger partial charge in [-0.3, -0.25) is 14.3 Å². The molecule has 0 saturated carbocycles. The molecule has 2 atom stereocenters. The fraction of sp³-hybridized carbons (Fsp3) is 0.381. The molecule has 0 bridgehead atoms. The predicted octanol–water partition coefficient (Wildman–Crippen LogP) is 5.36. The van der Waals surface area contributed by atoms with Crippen LogP contribution in [0.5, 0.6) is 0 Å².